The van der Waals surface area contributed by atoms with Crippen LogP contribution >= 0.6 is 23.2 Å². The monoisotopic (exact) mass is 719 g/mol. The van der Waals surface area contributed by atoms with Crippen molar-refractivity contribution >= 4 is 46.5 Å². The van der Waals surface area contributed by atoms with Crippen LogP contribution in [0.3, 0.4) is 0 Å². The van der Waals surface area contributed by atoms with Crippen molar-refractivity contribution in [3.8, 4) is 28.1 Å². The van der Waals surface area contributed by atoms with Gasteiger partial charge in [0, 0.05) is 98.4 Å². The SMILES string of the molecule is COc1cc(-c2nccc(-c3cccc(Nc4nccc(CNC5CCN(C(C)=O)CC5)c4F)c3Cl)c2Cl)ccc1CNC[C@@H]1CCC(=O)N1. The van der Waals surface area contributed by atoms with Crippen LogP contribution in [0.15, 0.2) is 60.9 Å². The van der Waals surface area contributed by atoms with Crippen LogP contribution in [0.5, 0.6) is 5.75 Å². The summed E-state index contributed by atoms with van der Waals surface area (Å²) in [5.74, 6) is 0.450. The molecule has 0 saturated carbocycles. The Morgan fingerprint density at radius 1 is 1.00 bits per heavy atom. The fraction of sp³-hybridized carbons (Fsp3) is 0.351. The summed E-state index contributed by atoms with van der Waals surface area (Å²) in [6, 6.07) is 15.0. The molecular formula is C37H40Cl2FN7O3. The van der Waals surface area contributed by atoms with E-state index in [4.69, 9.17) is 27.9 Å². The molecule has 0 aliphatic carbocycles. The van der Waals surface area contributed by atoms with Crippen LogP contribution in [0, 0.1) is 5.82 Å². The molecule has 0 unspecified atom stereocenters. The number of piperidine rings is 1. The minimum Gasteiger partial charge on any atom is -0.496 e. The number of nitrogens with zero attached hydrogens (tertiary/aromatic N) is 3. The summed E-state index contributed by atoms with van der Waals surface area (Å²) in [6.07, 6.45) is 6.27. The van der Waals surface area contributed by atoms with Crippen molar-refractivity contribution in [2.24, 2.45) is 0 Å². The van der Waals surface area contributed by atoms with Gasteiger partial charge in [-0.25, -0.2) is 9.37 Å². The number of anilines is 2. The van der Waals surface area contributed by atoms with Gasteiger partial charge in [-0.15, -0.1) is 0 Å². The van der Waals surface area contributed by atoms with Gasteiger partial charge in [-0.05, 0) is 43.5 Å². The molecular weight excluding hydrogens is 680 g/mol. The lowest BCUT2D eigenvalue weighted by atomic mass is 10.0. The van der Waals surface area contributed by atoms with Crippen molar-refractivity contribution in [1.29, 1.82) is 0 Å². The van der Waals surface area contributed by atoms with Crippen molar-refractivity contribution in [3.05, 3.63) is 87.9 Å². The molecule has 4 N–H and O–H groups in total. The summed E-state index contributed by atoms with van der Waals surface area (Å²) >= 11 is 13.9. The summed E-state index contributed by atoms with van der Waals surface area (Å²) in [6.45, 7) is 4.55. The molecule has 2 aromatic carbocycles. The van der Waals surface area contributed by atoms with E-state index in [1.165, 1.54) is 0 Å². The largest absolute Gasteiger partial charge is 0.496 e. The maximum absolute atomic E-state index is 15.7. The van der Waals surface area contributed by atoms with Crippen LogP contribution in [-0.2, 0) is 22.7 Å². The molecule has 4 aromatic rings. The Morgan fingerprint density at radius 2 is 1.78 bits per heavy atom. The first-order valence-electron chi connectivity index (χ1n) is 16.7. The third-order valence-electron chi connectivity index (χ3n) is 9.27. The quantitative estimate of drug-likeness (QED) is 0.131. The van der Waals surface area contributed by atoms with E-state index < -0.39 is 5.82 Å². The van der Waals surface area contributed by atoms with Gasteiger partial charge in [0.2, 0.25) is 11.8 Å². The number of hydrogen-bond acceptors (Lipinski definition) is 8. The molecule has 13 heteroatoms. The smallest absolute Gasteiger partial charge is 0.220 e. The second-order valence-electron chi connectivity index (χ2n) is 12.6. The van der Waals surface area contributed by atoms with Crippen molar-refractivity contribution in [2.75, 3.05) is 32.1 Å². The first kappa shape index (κ1) is 35.5. The lowest BCUT2D eigenvalue weighted by Gasteiger charge is -2.31. The topological polar surface area (TPSA) is 121 Å². The lowest BCUT2D eigenvalue weighted by molar-refractivity contribution is -0.130. The van der Waals surface area contributed by atoms with Gasteiger partial charge < -0.3 is 30.9 Å². The summed E-state index contributed by atoms with van der Waals surface area (Å²) in [4.78, 5) is 33.8. The predicted octanol–water partition coefficient (Wildman–Crippen LogP) is 6.48. The number of carbonyl (C=O) groups is 2. The molecule has 0 bridgehead atoms. The minimum absolute atomic E-state index is 0.0610. The number of ether oxygens (including phenoxy) is 1. The van der Waals surface area contributed by atoms with Crippen molar-refractivity contribution in [3.63, 3.8) is 0 Å². The minimum atomic E-state index is -0.468. The molecule has 2 aromatic heterocycles. The van der Waals surface area contributed by atoms with Crippen LogP contribution in [-0.4, -0.2) is 65.5 Å². The number of hydrogen-bond donors (Lipinski definition) is 4. The van der Waals surface area contributed by atoms with Crippen LogP contribution in [0.2, 0.25) is 10.0 Å². The Hall–Kier alpha value is -4.29. The molecule has 6 rings (SSSR count). The van der Waals surface area contributed by atoms with Gasteiger partial charge in [0.05, 0.1) is 28.5 Å². The Bertz CT molecular complexity index is 1870. The summed E-state index contributed by atoms with van der Waals surface area (Å²) < 4.78 is 21.4. The number of rotatable bonds is 12. The van der Waals surface area contributed by atoms with Gasteiger partial charge in [0.15, 0.2) is 11.6 Å². The standard InChI is InChI=1S/C37H40Cl2FN7O3/c1-22(48)47-16-12-26(13-17-47)44-20-25-10-14-43-37(35(25)40)46-30-5-3-4-28(33(30)38)29-11-15-42-36(34(29)39)23-6-7-24(31(18-23)50-2)19-41-21-27-8-9-32(49)45-27/h3-7,10-11,14-15,18,26-27,41,44H,8-9,12-13,16-17,19-21H2,1-2H3,(H,43,46)(H,45,49)/t27-/m0/s1. The van der Waals surface area contributed by atoms with Gasteiger partial charge >= 0.3 is 0 Å². The Balaban J connectivity index is 1.16. The van der Waals surface area contributed by atoms with E-state index in [0.717, 1.165) is 30.4 Å². The van der Waals surface area contributed by atoms with Gasteiger partial charge in [-0.2, -0.15) is 0 Å². The third kappa shape index (κ3) is 8.18. The molecule has 1 atom stereocenters. The summed E-state index contributed by atoms with van der Waals surface area (Å²) in [5, 5.41) is 13.6. The zero-order valence-electron chi connectivity index (χ0n) is 28.0. The Kier molecular flexibility index (Phi) is 11.5. The summed E-state index contributed by atoms with van der Waals surface area (Å²) in [5.41, 5.74) is 4.55. The fourth-order valence-electron chi connectivity index (χ4n) is 6.43. The maximum atomic E-state index is 15.7. The number of amides is 2. The van der Waals surface area contributed by atoms with Crippen LogP contribution < -0.4 is 26.0 Å². The highest BCUT2D eigenvalue weighted by Gasteiger charge is 2.23. The normalized spacial score (nSPS) is 16.4. The van der Waals surface area contributed by atoms with Crippen molar-refractivity contribution < 1.29 is 18.7 Å². The second kappa shape index (κ2) is 16.2. The number of methoxy groups -OCH3 is 1. The van der Waals surface area contributed by atoms with Gasteiger partial charge in [0.25, 0.3) is 0 Å². The third-order valence-corrected chi connectivity index (χ3v) is 10.1. The maximum Gasteiger partial charge on any atom is 0.220 e. The first-order valence-corrected chi connectivity index (χ1v) is 17.5. The number of nitrogens with one attached hydrogen (secondary N) is 4. The van der Waals surface area contributed by atoms with E-state index in [1.807, 2.05) is 35.2 Å². The zero-order valence-corrected chi connectivity index (χ0v) is 29.5. The van der Waals surface area contributed by atoms with Gasteiger partial charge in [-0.3, -0.25) is 14.6 Å². The molecule has 50 heavy (non-hydrogen) atoms. The molecule has 2 saturated heterocycles. The molecule has 2 aliphatic rings. The number of aromatic nitrogens is 2. The van der Waals surface area contributed by atoms with Crippen LogP contribution in [0.1, 0.15) is 43.7 Å². The molecule has 4 heterocycles. The highest BCUT2D eigenvalue weighted by molar-refractivity contribution is 6.39. The molecule has 0 radical (unpaired) electrons. The molecule has 10 nitrogen and oxygen atoms in total. The predicted molar refractivity (Wildman–Crippen MR) is 194 cm³/mol. The lowest BCUT2D eigenvalue weighted by Crippen LogP contribution is -2.44. The number of likely N-dealkylation sites (tertiary alicyclic amines) is 1. The Morgan fingerprint density at radius 3 is 2.52 bits per heavy atom. The van der Waals surface area contributed by atoms with Crippen molar-refractivity contribution in [2.45, 2.75) is 57.8 Å². The number of pyridine rings is 2. The molecule has 2 fully saturated rings. The number of halogens is 3. The number of benzene rings is 2. The Labute approximate surface area is 301 Å². The molecule has 2 amide bonds. The van der Waals surface area contributed by atoms with Crippen molar-refractivity contribution in [1.82, 2.24) is 30.8 Å². The highest BCUT2D eigenvalue weighted by Crippen LogP contribution is 2.42. The average molecular weight is 721 g/mol. The first-order chi connectivity index (χ1) is 24.2. The van der Waals surface area contributed by atoms with E-state index >= 15 is 4.39 Å². The van der Waals surface area contributed by atoms with E-state index in [-0.39, 0.29) is 29.7 Å². The van der Waals surface area contributed by atoms with Crippen LogP contribution in [0.4, 0.5) is 15.9 Å². The van der Waals surface area contributed by atoms with E-state index in [9.17, 15) is 9.59 Å². The highest BCUT2D eigenvalue weighted by atomic mass is 35.5. The average Bonchev–Trinajstić information content (AvgIpc) is 3.54. The zero-order chi connectivity index (χ0) is 35.2. The molecule has 262 valence electrons. The van der Waals surface area contributed by atoms with E-state index in [0.29, 0.717) is 83.0 Å². The fourth-order valence-corrected chi connectivity index (χ4v) is 7.02. The van der Waals surface area contributed by atoms with E-state index in [2.05, 4.69) is 31.2 Å². The molecule has 0 spiro atoms. The van der Waals surface area contributed by atoms with E-state index in [1.54, 1.807) is 44.6 Å². The van der Waals surface area contributed by atoms with Gasteiger partial charge in [-0.1, -0.05) is 47.5 Å². The molecule has 2 aliphatic heterocycles. The number of carbonyl (C=O) groups excluding carboxylic acids is 2. The summed E-state index contributed by atoms with van der Waals surface area (Å²) in [7, 11) is 1.62. The van der Waals surface area contributed by atoms with Gasteiger partial charge in [0.1, 0.15) is 5.75 Å². The van der Waals surface area contributed by atoms with Crippen LogP contribution in [0.25, 0.3) is 22.4 Å². The second-order valence-corrected chi connectivity index (χ2v) is 13.3.